The highest BCUT2D eigenvalue weighted by atomic mass is 16.4. The van der Waals surface area contributed by atoms with Gasteiger partial charge in [-0.3, -0.25) is 0 Å². The molecule has 2 N–H and O–H groups in total. The molecule has 1 saturated carbocycles. The lowest BCUT2D eigenvalue weighted by Gasteiger charge is -2.32. The number of hydrogen-bond acceptors (Lipinski definition) is 2. The molecule has 19 heavy (non-hydrogen) atoms. The minimum Gasteiger partial charge on any atom is -0.480 e. The van der Waals surface area contributed by atoms with Crippen LogP contribution in [-0.4, -0.2) is 40.1 Å². The molecule has 0 aromatic carbocycles. The van der Waals surface area contributed by atoms with Crippen molar-refractivity contribution in [2.75, 3.05) is 6.54 Å². The lowest BCUT2D eigenvalue weighted by molar-refractivity contribution is -0.142. The highest BCUT2D eigenvalue weighted by Gasteiger charge is 2.36. The normalized spacial score (nSPS) is 26.8. The van der Waals surface area contributed by atoms with E-state index in [1.54, 1.807) is 0 Å². The van der Waals surface area contributed by atoms with E-state index in [0.717, 1.165) is 44.9 Å². The van der Waals surface area contributed by atoms with Gasteiger partial charge in [0.15, 0.2) is 0 Å². The van der Waals surface area contributed by atoms with Gasteiger partial charge in [0.25, 0.3) is 0 Å². The summed E-state index contributed by atoms with van der Waals surface area (Å²) in [5.41, 5.74) is -0.146. The van der Waals surface area contributed by atoms with Crippen LogP contribution in [0.4, 0.5) is 4.79 Å². The first-order valence-corrected chi connectivity index (χ1v) is 7.33. The zero-order chi connectivity index (χ0) is 13.9. The third-order valence-corrected chi connectivity index (χ3v) is 4.41. The van der Waals surface area contributed by atoms with Crippen molar-refractivity contribution in [3.05, 3.63) is 0 Å². The summed E-state index contributed by atoms with van der Waals surface area (Å²) in [4.78, 5) is 25.2. The molecule has 0 bridgehead atoms. The summed E-state index contributed by atoms with van der Waals surface area (Å²) in [5, 5.41) is 12.3. The van der Waals surface area contributed by atoms with Crippen LogP contribution >= 0.6 is 0 Å². The first-order valence-electron chi connectivity index (χ1n) is 7.33. The Hall–Kier alpha value is -1.26. The van der Waals surface area contributed by atoms with Gasteiger partial charge in [-0.05, 0) is 32.6 Å². The maximum atomic E-state index is 12.4. The second-order valence-corrected chi connectivity index (χ2v) is 6.09. The summed E-state index contributed by atoms with van der Waals surface area (Å²) in [7, 11) is 0. The van der Waals surface area contributed by atoms with E-state index in [9.17, 15) is 14.7 Å². The maximum absolute atomic E-state index is 12.4. The third kappa shape index (κ3) is 3.39. The molecular formula is C14H24N2O3. The summed E-state index contributed by atoms with van der Waals surface area (Å²) in [6.07, 6.45) is 7.61. The van der Waals surface area contributed by atoms with Crippen LogP contribution in [-0.2, 0) is 4.79 Å². The Balaban J connectivity index is 2.03. The molecule has 1 atom stereocenters. The number of nitrogens with one attached hydrogen (secondary N) is 1. The second-order valence-electron chi connectivity index (χ2n) is 6.09. The molecule has 2 fully saturated rings. The van der Waals surface area contributed by atoms with Gasteiger partial charge in [0.2, 0.25) is 0 Å². The van der Waals surface area contributed by atoms with Crippen molar-refractivity contribution >= 4 is 12.0 Å². The smallest absolute Gasteiger partial charge is 0.326 e. The zero-order valence-corrected chi connectivity index (χ0v) is 11.7. The monoisotopic (exact) mass is 268 g/mol. The van der Waals surface area contributed by atoms with E-state index in [1.165, 1.54) is 4.90 Å². The molecular weight excluding hydrogens is 244 g/mol. The molecule has 2 aliphatic rings. The Morgan fingerprint density at radius 3 is 2.47 bits per heavy atom. The summed E-state index contributed by atoms with van der Waals surface area (Å²) in [6, 6.07) is -0.855. The van der Waals surface area contributed by atoms with Crippen molar-refractivity contribution in [3.63, 3.8) is 0 Å². The first kappa shape index (κ1) is 14.2. The van der Waals surface area contributed by atoms with Crippen molar-refractivity contribution in [2.24, 2.45) is 0 Å². The number of likely N-dealkylation sites (tertiary alicyclic amines) is 1. The summed E-state index contributed by atoms with van der Waals surface area (Å²) in [5.74, 6) is -0.881. The lowest BCUT2D eigenvalue weighted by atomic mass is 10.0. The predicted molar refractivity (Wildman–Crippen MR) is 72.0 cm³/mol. The first-order chi connectivity index (χ1) is 9.02. The zero-order valence-electron chi connectivity index (χ0n) is 11.7. The predicted octanol–water partition coefficient (Wildman–Crippen LogP) is 2.36. The highest BCUT2D eigenvalue weighted by molar-refractivity contribution is 5.83. The van der Waals surface area contributed by atoms with Crippen molar-refractivity contribution < 1.29 is 14.7 Å². The number of urea groups is 1. The molecule has 2 amide bonds. The Kier molecular flexibility index (Phi) is 4.32. The van der Waals surface area contributed by atoms with Crippen LogP contribution in [0.25, 0.3) is 0 Å². The summed E-state index contributed by atoms with van der Waals surface area (Å²) < 4.78 is 0. The van der Waals surface area contributed by atoms with Crippen LogP contribution in [0.5, 0.6) is 0 Å². The fourth-order valence-electron chi connectivity index (χ4n) is 3.22. The number of carboxylic acids is 1. The minimum atomic E-state index is -0.881. The van der Waals surface area contributed by atoms with Gasteiger partial charge in [0.1, 0.15) is 6.04 Å². The Morgan fingerprint density at radius 1 is 1.16 bits per heavy atom. The molecule has 1 heterocycles. The van der Waals surface area contributed by atoms with Gasteiger partial charge < -0.3 is 15.3 Å². The van der Waals surface area contributed by atoms with Crippen molar-refractivity contribution in [2.45, 2.75) is 69.9 Å². The molecule has 1 aliphatic heterocycles. The van der Waals surface area contributed by atoms with Crippen molar-refractivity contribution in [1.29, 1.82) is 0 Å². The molecule has 0 aromatic heterocycles. The van der Waals surface area contributed by atoms with Crippen molar-refractivity contribution in [1.82, 2.24) is 10.2 Å². The van der Waals surface area contributed by atoms with E-state index in [-0.39, 0.29) is 11.6 Å². The molecule has 1 unspecified atom stereocenters. The van der Waals surface area contributed by atoms with E-state index in [4.69, 9.17) is 0 Å². The molecule has 1 saturated heterocycles. The number of nitrogens with zero attached hydrogens (tertiary/aromatic N) is 1. The molecule has 5 heteroatoms. The van der Waals surface area contributed by atoms with Gasteiger partial charge >= 0.3 is 12.0 Å². The molecule has 108 valence electrons. The van der Waals surface area contributed by atoms with Gasteiger partial charge in [0.05, 0.1) is 0 Å². The number of aliphatic carboxylic acids is 1. The molecule has 5 nitrogen and oxygen atoms in total. The van der Waals surface area contributed by atoms with Crippen molar-refractivity contribution in [3.8, 4) is 0 Å². The average Bonchev–Trinajstić information content (AvgIpc) is 2.65. The van der Waals surface area contributed by atoms with Gasteiger partial charge in [-0.15, -0.1) is 0 Å². The minimum absolute atomic E-state index is 0.146. The molecule has 2 rings (SSSR count). The summed E-state index contributed by atoms with van der Waals surface area (Å²) in [6.45, 7) is 2.62. The van der Waals surface area contributed by atoms with Crippen LogP contribution < -0.4 is 5.32 Å². The standard InChI is InChI=1S/C14H24N2O3/c1-14(8-4-5-9-14)15-13(19)16-10-6-2-3-7-11(16)12(17)18/h11H,2-10H2,1H3,(H,15,19)(H,17,18). The largest absolute Gasteiger partial charge is 0.480 e. The maximum Gasteiger partial charge on any atom is 0.326 e. The Bertz CT molecular complexity index is 351. The number of carbonyl (C=O) groups excluding carboxylic acids is 1. The number of hydrogen-bond donors (Lipinski definition) is 2. The van der Waals surface area contributed by atoms with E-state index < -0.39 is 12.0 Å². The van der Waals surface area contributed by atoms with Gasteiger partial charge in [0, 0.05) is 12.1 Å². The van der Waals surface area contributed by atoms with Crippen LogP contribution in [0.2, 0.25) is 0 Å². The molecule has 0 radical (unpaired) electrons. The van der Waals surface area contributed by atoms with Crippen LogP contribution in [0.15, 0.2) is 0 Å². The number of carboxylic acid groups (broad SMARTS) is 1. The van der Waals surface area contributed by atoms with E-state index in [1.807, 2.05) is 0 Å². The summed E-state index contributed by atoms with van der Waals surface area (Å²) >= 11 is 0. The van der Waals surface area contributed by atoms with E-state index in [2.05, 4.69) is 12.2 Å². The fraction of sp³-hybridized carbons (Fsp3) is 0.857. The van der Waals surface area contributed by atoms with Crippen LogP contribution in [0.1, 0.15) is 58.3 Å². The SMILES string of the molecule is CC1(NC(=O)N2CCCCCC2C(=O)O)CCCC1. The van der Waals surface area contributed by atoms with Gasteiger partial charge in [-0.1, -0.05) is 25.7 Å². The third-order valence-electron chi connectivity index (χ3n) is 4.41. The number of rotatable bonds is 2. The number of amides is 2. The fourth-order valence-corrected chi connectivity index (χ4v) is 3.22. The van der Waals surface area contributed by atoms with Gasteiger partial charge in [-0.25, -0.2) is 9.59 Å². The Labute approximate surface area is 114 Å². The highest BCUT2D eigenvalue weighted by Crippen LogP contribution is 2.29. The quantitative estimate of drug-likeness (QED) is 0.807. The van der Waals surface area contributed by atoms with E-state index >= 15 is 0 Å². The lowest BCUT2D eigenvalue weighted by Crippen LogP contribution is -2.54. The van der Waals surface area contributed by atoms with E-state index in [0.29, 0.717) is 13.0 Å². The molecule has 1 aliphatic carbocycles. The molecule has 0 aromatic rings. The van der Waals surface area contributed by atoms with Gasteiger partial charge in [-0.2, -0.15) is 0 Å². The van der Waals surface area contributed by atoms with Crippen LogP contribution in [0.3, 0.4) is 0 Å². The average molecular weight is 268 g/mol. The molecule has 0 spiro atoms. The number of carbonyl (C=O) groups is 2. The van der Waals surface area contributed by atoms with Crippen LogP contribution in [0, 0.1) is 0 Å². The Morgan fingerprint density at radius 2 is 1.84 bits per heavy atom. The second kappa shape index (κ2) is 5.80. The topological polar surface area (TPSA) is 69.6 Å².